The number of unbranched alkanes of at least 4 members (excludes halogenated alkanes) is 2. The average Bonchev–Trinajstić information content (AvgIpc) is 3.37. The summed E-state index contributed by atoms with van der Waals surface area (Å²) in [6.45, 7) is 7.44. The van der Waals surface area contributed by atoms with Gasteiger partial charge >= 0.3 is 0 Å². The van der Waals surface area contributed by atoms with Gasteiger partial charge in [0.05, 0.1) is 12.6 Å². The molecule has 10 amide bonds. The summed E-state index contributed by atoms with van der Waals surface area (Å²) in [5.74, 6) is -9.21. The lowest BCUT2D eigenvalue weighted by Crippen LogP contribution is -2.61. The number of primary amides is 1. The average molecular weight is 1130 g/mol. The second-order valence-electron chi connectivity index (χ2n) is 18.9. The Morgan fingerprint density at radius 1 is 0.443 bits per heavy atom. The summed E-state index contributed by atoms with van der Waals surface area (Å²) in [7, 11) is 0. The van der Waals surface area contributed by atoms with Crippen molar-refractivity contribution in [2.45, 2.75) is 173 Å². The fourth-order valence-corrected chi connectivity index (χ4v) is 7.42. The molecular weight excluding hydrogens is 1030 g/mol. The van der Waals surface area contributed by atoms with E-state index in [0.717, 1.165) is 0 Å². The molecule has 0 saturated carbocycles. The second kappa shape index (κ2) is 39.7. The first-order valence-corrected chi connectivity index (χ1v) is 26.4. The zero-order valence-corrected chi connectivity index (χ0v) is 46.3. The molecule has 28 N–H and O–H groups in total. The molecule has 79 heavy (non-hydrogen) atoms. The minimum absolute atomic E-state index is 0.00367. The first-order chi connectivity index (χ1) is 37.2. The maximum absolute atomic E-state index is 14.4. The van der Waals surface area contributed by atoms with Gasteiger partial charge in [0.2, 0.25) is 59.1 Å². The number of carbonyl (C=O) groups excluding carboxylic acids is 10. The molecule has 0 aliphatic carbocycles. The summed E-state index contributed by atoms with van der Waals surface area (Å²) in [5.41, 5.74) is 49.9. The molecular formula is C47H91N21O11. The number of aliphatic hydroxyl groups excluding tert-OH is 1. The van der Waals surface area contributed by atoms with E-state index in [-0.39, 0.29) is 102 Å². The number of hydrogen-bond acceptors (Lipinski definition) is 16. The topological polar surface area (TPSA) is 570 Å². The molecule has 0 heterocycles. The monoisotopic (exact) mass is 1130 g/mol. The van der Waals surface area contributed by atoms with Crippen molar-refractivity contribution in [1.82, 2.24) is 47.9 Å². The lowest BCUT2D eigenvalue weighted by atomic mass is 9.96. The van der Waals surface area contributed by atoms with Gasteiger partial charge in [0.15, 0.2) is 17.9 Å². The Morgan fingerprint density at radius 3 is 1.09 bits per heavy atom. The Bertz CT molecular complexity index is 2070. The molecule has 0 aliphatic rings. The Morgan fingerprint density at radius 2 is 0.772 bits per heavy atom. The molecule has 0 spiro atoms. The van der Waals surface area contributed by atoms with Crippen molar-refractivity contribution in [3.63, 3.8) is 0 Å². The van der Waals surface area contributed by atoms with E-state index >= 15 is 0 Å². The maximum atomic E-state index is 14.4. The molecule has 32 heteroatoms. The summed E-state index contributed by atoms with van der Waals surface area (Å²) in [6.07, 6.45) is 0.724. The standard InChI is InChI=1S/C47H91N21O11/c1-6-25(2)35(67-42(77)32(17-12-22-58-46(53)54)62-38(73)26(3)61-34(71)24-60-28(5)70)44(79)66-31(16-11-21-57-45(51)52)41(76)64-29(14-7-9-19-48)39(74)63-30(15-8-10-20-49)40(75)65-33(18-13-23-59-47(55)56)43(78)68-36(27(4)69)37(50)72/h25-27,29-33,35-36,69H,6-24,48-49H2,1-5H3,(H2,50,72)(H,60,70)(H,61,71)(H,62,73)(H,63,74)(H,64,76)(H,65,75)(H,66,79)(H,67,77)(H,68,78)(H4,51,52,57)(H4,53,54,58)(H4,55,56,59)/t25-,26-,27+,29-,30-,31-,32-,33-,35-,36-/m0/s1. The van der Waals surface area contributed by atoms with Gasteiger partial charge in [-0.2, -0.15) is 0 Å². The van der Waals surface area contributed by atoms with Gasteiger partial charge in [0.1, 0.15) is 48.3 Å². The number of nitrogens with one attached hydrogen (secondary N) is 9. The predicted octanol–water partition coefficient (Wildman–Crippen LogP) is -7.65. The molecule has 0 aromatic rings. The highest BCUT2D eigenvalue weighted by atomic mass is 16.3. The van der Waals surface area contributed by atoms with Crippen LogP contribution < -0.4 is 99.5 Å². The van der Waals surface area contributed by atoms with E-state index in [1.165, 1.54) is 20.8 Å². The second-order valence-corrected chi connectivity index (χ2v) is 18.9. The fraction of sp³-hybridized carbons (Fsp3) is 0.723. The number of amides is 10. The smallest absolute Gasteiger partial charge is 0.243 e. The zero-order valence-electron chi connectivity index (χ0n) is 46.3. The third kappa shape index (κ3) is 31.4. The van der Waals surface area contributed by atoms with Crippen LogP contribution in [0.15, 0.2) is 15.0 Å². The van der Waals surface area contributed by atoms with Crippen LogP contribution in [0.4, 0.5) is 0 Å². The highest BCUT2D eigenvalue weighted by molar-refractivity contribution is 5.98. The molecule has 0 bridgehead atoms. The molecule has 0 rings (SSSR count). The minimum Gasteiger partial charge on any atom is -0.391 e. The van der Waals surface area contributed by atoms with E-state index in [2.05, 4.69) is 62.8 Å². The lowest BCUT2D eigenvalue weighted by Gasteiger charge is -2.29. The van der Waals surface area contributed by atoms with E-state index in [4.69, 9.17) is 51.6 Å². The van der Waals surface area contributed by atoms with E-state index in [9.17, 15) is 53.1 Å². The third-order valence-corrected chi connectivity index (χ3v) is 12.0. The SMILES string of the molecule is CC[C@H](C)[C@H](NC(=O)[C@H](CCCN=C(N)N)NC(=O)[C@H](C)NC(=O)CNC(C)=O)C(=O)N[C@@H](CCCN=C(N)N)C(=O)N[C@@H](CCCCN)C(=O)N[C@@H](CCCCN)C(=O)N[C@@H](CCCN=C(N)N)C(=O)N[C@H](C(N)=O)[C@@H](C)O. The van der Waals surface area contributed by atoms with Crippen LogP contribution in [0.2, 0.25) is 0 Å². The van der Waals surface area contributed by atoms with Gasteiger partial charge in [-0.15, -0.1) is 0 Å². The van der Waals surface area contributed by atoms with E-state index in [1.807, 2.05) is 0 Å². The van der Waals surface area contributed by atoms with E-state index in [0.29, 0.717) is 32.1 Å². The molecule has 0 aromatic heterocycles. The van der Waals surface area contributed by atoms with Crippen molar-refractivity contribution in [3.05, 3.63) is 0 Å². The lowest BCUT2D eigenvalue weighted by molar-refractivity contribution is -0.136. The first kappa shape index (κ1) is 71.4. The number of hydrogen-bond donors (Lipinski definition) is 19. The summed E-state index contributed by atoms with van der Waals surface area (Å²) in [6, 6.07) is -10.7. The van der Waals surface area contributed by atoms with Crippen molar-refractivity contribution in [1.29, 1.82) is 0 Å². The quantitative estimate of drug-likeness (QED) is 0.0154. The van der Waals surface area contributed by atoms with Crippen LogP contribution in [0.25, 0.3) is 0 Å². The Hall–Kier alpha value is -7.61. The van der Waals surface area contributed by atoms with Crippen molar-refractivity contribution in [2.75, 3.05) is 39.3 Å². The summed E-state index contributed by atoms with van der Waals surface area (Å²) in [4.78, 5) is 146. The largest absolute Gasteiger partial charge is 0.391 e. The van der Waals surface area contributed by atoms with Crippen molar-refractivity contribution in [2.24, 2.45) is 72.5 Å². The Kier molecular flexibility index (Phi) is 35.9. The summed E-state index contributed by atoms with van der Waals surface area (Å²) >= 11 is 0. The van der Waals surface area contributed by atoms with Gasteiger partial charge in [-0.1, -0.05) is 20.3 Å². The van der Waals surface area contributed by atoms with Gasteiger partial charge in [-0.25, -0.2) is 0 Å². The van der Waals surface area contributed by atoms with Crippen LogP contribution >= 0.6 is 0 Å². The fourth-order valence-electron chi connectivity index (χ4n) is 7.42. The molecule has 0 fully saturated rings. The van der Waals surface area contributed by atoms with Crippen LogP contribution in [0.5, 0.6) is 0 Å². The number of nitrogens with two attached hydrogens (primary N) is 9. The van der Waals surface area contributed by atoms with Crippen molar-refractivity contribution in [3.8, 4) is 0 Å². The maximum Gasteiger partial charge on any atom is 0.243 e. The third-order valence-electron chi connectivity index (χ3n) is 12.0. The van der Waals surface area contributed by atoms with Gasteiger partial charge in [0, 0.05) is 26.6 Å². The highest BCUT2D eigenvalue weighted by Gasteiger charge is 2.36. The molecule has 0 unspecified atom stereocenters. The van der Waals surface area contributed by atoms with Gasteiger partial charge in [0.25, 0.3) is 0 Å². The number of aliphatic imine (C=N–C) groups is 3. The first-order valence-electron chi connectivity index (χ1n) is 26.4. The van der Waals surface area contributed by atoms with Crippen molar-refractivity contribution < 1.29 is 53.1 Å². The van der Waals surface area contributed by atoms with Crippen LogP contribution in [0.3, 0.4) is 0 Å². The number of guanidine groups is 3. The van der Waals surface area contributed by atoms with Crippen LogP contribution in [0.1, 0.15) is 118 Å². The molecule has 450 valence electrons. The zero-order chi connectivity index (χ0) is 60.2. The molecule has 32 nitrogen and oxygen atoms in total. The molecule has 0 saturated heterocycles. The molecule has 10 atom stereocenters. The Labute approximate surface area is 461 Å². The van der Waals surface area contributed by atoms with E-state index < -0.39 is 126 Å². The molecule has 0 radical (unpaired) electrons. The number of nitrogens with zero attached hydrogens (tertiary/aromatic N) is 3. The van der Waals surface area contributed by atoms with Crippen molar-refractivity contribution >= 4 is 77.0 Å². The minimum atomic E-state index is -1.52. The normalized spacial score (nSPS) is 14.6. The van der Waals surface area contributed by atoms with Gasteiger partial charge in [-0.05, 0) is 110 Å². The van der Waals surface area contributed by atoms with E-state index in [1.54, 1.807) is 13.8 Å². The number of aliphatic hydroxyl groups is 1. The van der Waals surface area contributed by atoms with Crippen LogP contribution in [-0.4, -0.2) is 176 Å². The highest BCUT2D eigenvalue weighted by Crippen LogP contribution is 2.13. The van der Waals surface area contributed by atoms with Crippen LogP contribution in [0, 0.1) is 5.92 Å². The summed E-state index contributed by atoms with van der Waals surface area (Å²) in [5, 5.41) is 33.2. The van der Waals surface area contributed by atoms with Gasteiger partial charge < -0.3 is 105 Å². The molecule has 0 aromatic carbocycles. The Balaban J connectivity index is 7.04. The van der Waals surface area contributed by atoms with Crippen LogP contribution in [-0.2, 0) is 47.9 Å². The summed E-state index contributed by atoms with van der Waals surface area (Å²) < 4.78 is 0. The predicted molar refractivity (Wildman–Crippen MR) is 296 cm³/mol. The number of carbonyl (C=O) groups is 10. The number of rotatable bonds is 41. The molecule has 0 aliphatic heterocycles. The van der Waals surface area contributed by atoms with Gasteiger partial charge in [-0.3, -0.25) is 62.9 Å².